The smallest absolute Gasteiger partial charge is 0.252 e. The normalized spacial score (nSPS) is 18.0. The third-order valence-corrected chi connectivity index (χ3v) is 4.80. The van der Waals surface area contributed by atoms with E-state index in [1.54, 1.807) is 0 Å². The van der Waals surface area contributed by atoms with Crippen molar-refractivity contribution in [3.63, 3.8) is 0 Å². The first-order valence-corrected chi connectivity index (χ1v) is 8.08. The predicted molar refractivity (Wildman–Crippen MR) is 87.4 cm³/mol. The van der Waals surface area contributed by atoms with Crippen LogP contribution in [0.5, 0.6) is 0 Å². The zero-order valence-electron chi connectivity index (χ0n) is 12.7. The van der Waals surface area contributed by atoms with Gasteiger partial charge in [-0.25, -0.2) is 0 Å². The van der Waals surface area contributed by atoms with Crippen LogP contribution in [0.3, 0.4) is 0 Å². The number of nitrogens with one attached hydrogen (secondary N) is 2. The van der Waals surface area contributed by atoms with Crippen molar-refractivity contribution in [2.24, 2.45) is 5.92 Å². The Hall–Kier alpha value is -1.61. The lowest BCUT2D eigenvalue weighted by Crippen LogP contribution is -2.35. The zero-order valence-corrected chi connectivity index (χ0v) is 12.7. The Morgan fingerprint density at radius 3 is 2.81 bits per heavy atom. The molecular weight excluding hydrogens is 260 g/mol. The molecular formula is C18H24N2O. The average Bonchev–Trinajstić information content (AvgIpc) is 2.53. The van der Waals surface area contributed by atoms with Crippen molar-refractivity contribution in [1.29, 1.82) is 0 Å². The highest BCUT2D eigenvalue weighted by Crippen LogP contribution is 2.26. The van der Waals surface area contributed by atoms with E-state index in [2.05, 4.69) is 17.2 Å². The lowest BCUT2D eigenvalue weighted by molar-refractivity contribution is 0.280. The molecule has 1 unspecified atom stereocenters. The second kappa shape index (κ2) is 6.44. The number of aromatic amines is 1. The van der Waals surface area contributed by atoms with Gasteiger partial charge < -0.3 is 10.3 Å². The molecule has 21 heavy (non-hydrogen) atoms. The van der Waals surface area contributed by atoms with E-state index < -0.39 is 0 Å². The molecule has 2 aromatic rings. The van der Waals surface area contributed by atoms with E-state index in [1.165, 1.54) is 32.1 Å². The minimum absolute atomic E-state index is 0.0250. The van der Waals surface area contributed by atoms with Gasteiger partial charge in [0, 0.05) is 23.7 Å². The summed E-state index contributed by atoms with van der Waals surface area (Å²) in [5.41, 5.74) is 1.76. The van der Waals surface area contributed by atoms with Gasteiger partial charge in [0.25, 0.3) is 5.56 Å². The van der Waals surface area contributed by atoms with Crippen LogP contribution in [-0.2, 0) is 6.54 Å². The number of rotatable bonds is 4. The Morgan fingerprint density at radius 1 is 1.24 bits per heavy atom. The van der Waals surface area contributed by atoms with Gasteiger partial charge in [0.2, 0.25) is 0 Å². The number of fused-ring (bicyclic) bond motifs is 1. The Kier molecular flexibility index (Phi) is 4.39. The van der Waals surface area contributed by atoms with E-state index in [-0.39, 0.29) is 5.56 Å². The molecule has 3 heteroatoms. The second-order valence-corrected chi connectivity index (χ2v) is 6.28. The molecule has 2 N–H and O–H groups in total. The van der Waals surface area contributed by atoms with Gasteiger partial charge in [0.05, 0.1) is 0 Å². The quantitative estimate of drug-likeness (QED) is 0.901. The second-order valence-electron chi connectivity index (χ2n) is 6.28. The predicted octanol–water partition coefficient (Wildman–Crippen LogP) is 3.59. The van der Waals surface area contributed by atoms with Gasteiger partial charge in [-0.3, -0.25) is 4.79 Å². The summed E-state index contributed by atoms with van der Waals surface area (Å²) in [5, 5.41) is 4.65. The van der Waals surface area contributed by atoms with Crippen molar-refractivity contribution in [3.05, 3.63) is 46.2 Å². The first-order valence-electron chi connectivity index (χ1n) is 8.08. The summed E-state index contributed by atoms with van der Waals surface area (Å²) in [7, 11) is 0. The summed E-state index contributed by atoms with van der Waals surface area (Å²) in [4.78, 5) is 15.1. The van der Waals surface area contributed by atoms with Gasteiger partial charge in [-0.1, -0.05) is 37.5 Å². The van der Waals surface area contributed by atoms with E-state index in [1.807, 2.05) is 30.3 Å². The molecule has 1 heterocycles. The van der Waals surface area contributed by atoms with Crippen molar-refractivity contribution < 1.29 is 0 Å². The first-order chi connectivity index (χ1) is 10.2. The molecule has 1 fully saturated rings. The topological polar surface area (TPSA) is 44.9 Å². The molecule has 1 aromatic heterocycles. The molecule has 0 amide bonds. The van der Waals surface area contributed by atoms with Crippen molar-refractivity contribution >= 4 is 10.9 Å². The van der Waals surface area contributed by atoms with Gasteiger partial charge in [-0.05, 0) is 43.2 Å². The first kappa shape index (κ1) is 14.3. The SMILES string of the molecule is CC(NCc1cc2ccccc2[nH]c1=O)C1CCCCC1. The Bertz CT molecular complexity index is 656. The van der Waals surface area contributed by atoms with Crippen LogP contribution in [0.1, 0.15) is 44.6 Å². The van der Waals surface area contributed by atoms with E-state index in [0.29, 0.717) is 12.6 Å². The maximum Gasteiger partial charge on any atom is 0.252 e. The number of pyridine rings is 1. The number of para-hydroxylation sites is 1. The van der Waals surface area contributed by atoms with Crippen LogP contribution < -0.4 is 10.9 Å². The summed E-state index contributed by atoms with van der Waals surface area (Å²) >= 11 is 0. The minimum atomic E-state index is 0.0250. The minimum Gasteiger partial charge on any atom is -0.322 e. The van der Waals surface area contributed by atoms with Crippen LogP contribution in [0.2, 0.25) is 0 Å². The Morgan fingerprint density at radius 2 is 2.00 bits per heavy atom. The highest BCUT2D eigenvalue weighted by molar-refractivity contribution is 5.78. The highest BCUT2D eigenvalue weighted by Gasteiger charge is 2.19. The van der Waals surface area contributed by atoms with Gasteiger partial charge >= 0.3 is 0 Å². The molecule has 1 aliphatic rings. The fourth-order valence-electron chi connectivity index (χ4n) is 3.40. The highest BCUT2D eigenvalue weighted by atomic mass is 16.1. The van der Waals surface area contributed by atoms with Crippen molar-refractivity contribution in [3.8, 4) is 0 Å². The molecule has 0 aliphatic heterocycles. The van der Waals surface area contributed by atoms with Crippen LogP contribution in [0.25, 0.3) is 10.9 Å². The number of H-pyrrole nitrogens is 1. The largest absolute Gasteiger partial charge is 0.322 e. The molecule has 0 bridgehead atoms. The monoisotopic (exact) mass is 284 g/mol. The third kappa shape index (κ3) is 3.35. The standard InChI is InChI=1S/C18H24N2O/c1-13(14-7-3-2-4-8-14)19-12-16-11-15-9-5-6-10-17(15)20-18(16)21/h5-6,9-11,13-14,19H,2-4,7-8,12H2,1H3,(H,20,21). The number of hydrogen-bond acceptors (Lipinski definition) is 2. The number of hydrogen-bond donors (Lipinski definition) is 2. The van der Waals surface area contributed by atoms with Crippen molar-refractivity contribution in [2.45, 2.75) is 51.6 Å². The van der Waals surface area contributed by atoms with Crippen molar-refractivity contribution in [1.82, 2.24) is 10.3 Å². The lowest BCUT2D eigenvalue weighted by Gasteiger charge is -2.28. The fourth-order valence-corrected chi connectivity index (χ4v) is 3.40. The van der Waals surface area contributed by atoms with Crippen LogP contribution in [-0.4, -0.2) is 11.0 Å². The zero-order chi connectivity index (χ0) is 14.7. The Labute approximate surface area is 125 Å². The van der Waals surface area contributed by atoms with Crippen molar-refractivity contribution in [2.75, 3.05) is 0 Å². The van der Waals surface area contributed by atoms with Crippen LogP contribution >= 0.6 is 0 Å². The molecule has 0 radical (unpaired) electrons. The van der Waals surface area contributed by atoms with E-state index >= 15 is 0 Å². The number of aromatic nitrogens is 1. The number of benzene rings is 1. The van der Waals surface area contributed by atoms with Crippen LogP contribution in [0, 0.1) is 5.92 Å². The van der Waals surface area contributed by atoms with E-state index in [4.69, 9.17) is 0 Å². The molecule has 3 nitrogen and oxygen atoms in total. The summed E-state index contributed by atoms with van der Waals surface area (Å²) in [6, 6.07) is 10.4. The Balaban J connectivity index is 1.69. The summed E-state index contributed by atoms with van der Waals surface area (Å²) < 4.78 is 0. The van der Waals surface area contributed by atoms with Gasteiger partial charge in [-0.2, -0.15) is 0 Å². The van der Waals surface area contributed by atoms with E-state index in [0.717, 1.165) is 22.4 Å². The maximum absolute atomic E-state index is 12.1. The van der Waals surface area contributed by atoms with E-state index in [9.17, 15) is 4.79 Å². The summed E-state index contributed by atoms with van der Waals surface area (Å²) in [6.45, 7) is 2.91. The molecule has 3 rings (SSSR count). The molecule has 1 atom stereocenters. The molecule has 0 saturated heterocycles. The molecule has 112 valence electrons. The fraction of sp³-hybridized carbons (Fsp3) is 0.500. The van der Waals surface area contributed by atoms with Crippen LogP contribution in [0.15, 0.2) is 35.1 Å². The molecule has 1 aromatic carbocycles. The molecule has 0 spiro atoms. The maximum atomic E-state index is 12.1. The molecule has 1 saturated carbocycles. The van der Waals surface area contributed by atoms with Gasteiger partial charge in [0.1, 0.15) is 0 Å². The summed E-state index contributed by atoms with van der Waals surface area (Å²) in [5.74, 6) is 0.762. The molecule has 1 aliphatic carbocycles. The van der Waals surface area contributed by atoms with Crippen LogP contribution in [0.4, 0.5) is 0 Å². The average molecular weight is 284 g/mol. The lowest BCUT2D eigenvalue weighted by atomic mass is 9.84. The van der Waals surface area contributed by atoms with Gasteiger partial charge in [-0.15, -0.1) is 0 Å². The summed E-state index contributed by atoms with van der Waals surface area (Å²) in [6.07, 6.45) is 6.73. The third-order valence-electron chi connectivity index (χ3n) is 4.80. The van der Waals surface area contributed by atoms with Gasteiger partial charge in [0.15, 0.2) is 0 Å².